The van der Waals surface area contributed by atoms with E-state index in [2.05, 4.69) is 0 Å². The van der Waals surface area contributed by atoms with Crippen molar-refractivity contribution in [2.75, 3.05) is 7.11 Å². The summed E-state index contributed by atoms with van der Waals surface area (Å²) in [4.78, 5) is 0. The molecule has 16 heavy (non-hydrogen) atoms. The minimum absolute atomic E-state index is 0.101. The van der Waals surface area contributed by atoms with Crippen molar-refractivity contribution in [3.8, 4) is 0 Å². The molecule has 2 unspecified atom stereocenters. The predicted octanol–water partition coefficient (Wildman–Crippen LogP) is 2.74. The van der Waals surface area contributed by atoms with Crippen molar-refractivity contribution >= 4 is 0 Å². The Morgan fingerprint density at radius 1 is 1.12 bits per heavy atom. The summed E-state index contributed by atoms with van der Waals surface area (Å²) in [6, 6.07) is 0. The van der Waals surface area contributed by atoms with Gasteiger partial charge in [-0.05, 0) is 64.2 Å². The first-order valence-corrected chi connectivity index (χ1v) is 6.66. The van der Waals surface area contributed by atoms with E-state index in [9.17, 15) is 5.11 Å². The molecule has 0 saturated heterocycles. The maximum absolute atomic E-state index is 10.5. The third kappa shape index (κ3) is 1.32. The van der Waals surface area contributed by atoms with Gasteiger partial charge in [0.25, 0.3) is 0 Å². The van der Waals surface area contributed by atoms with Gasteiger partial charge in [0.15, 0.2) is 0 Å². The van der Waals surface area contributed by atoms with Crippen LogP contribution in [0.5, 0.6) is 0 Å². The second-order valence-electron chi connectivity index (χ2n) is 7.19. The summed E-state index contributed by atoms with van der Waals surface area (Å²) in [7, 11) is 1.87. The Morgan fingerprint density at radius 3 is 2.12 bits per heavy atom. The summed E-state index contributed by atoms with van der Waals surface area (Å²) in [5.41, 5.74) is -0.314. The standard InChI is InChI=1S/C14H24O2/c1-12(2,15)13-5-10-4-11(6-13)8-14(7-10,9-13)16-3/h10-11,15H,4-9H2,1-3H3. The van der Waals surface area contributed by atoms with Gasteiger partial charge in [0.2, 0.25) is 0 Å². The topological polar surface area (TPSA) is 29.5 Å². The number of hydrogen-bond acceptors (Lipinski definition) is 2. The third-order valence-corrected chi connectivity index (χ3v) is 5.74. The molecular formula is C14H24O2. The molecule has 4 fully saturated rings. The fourth-order valence-corrected chi connectivity index (χ4v) is 5.13. The fourth-order valence-electron chi connectivity index (χ4n) is 5.13. The zero-order chi connectivity index (χ0) is 11.6. The average Bonchev–Trinajstić information content (AvgIpc) is 2.14. The van der Waals surface area contributed by atoms with Crippen LogP contribution in [0.3, 0.4) is 0 Å². The molecule has 0 aromatic rings. The van der Waals surface area contributed by atoms with Crippen LogP contribution >= 0.6 is 0 Å². The van der Waals surface area contributed by atoms with Crippen LogP contribution in [0.1, 0.15) is 52.4 Å². The van der Waals surface area contributed by atoms with Crippen LogP contribution in [0, 0.1) is 17.3 Å². The first-order valence-electron chi connectivity index (χ1n) is 6.66. The molecule has 2 heteroatoms. The van der Waals surface area contributed by atoms with E-state index in [0.717, 1.165) is 18.3 Å². The molecule has 0 aromatic carbocycles. The normalized spacial score (nSPS) is 51.0. The number of ether oxygens (including phenoxy) is 1. The zero-order valence-corrected chi connectivity index (χ0v) is 10.8. The molecule has 0 aliphatic heterocycles. The van der Waals surface area contributed by atoms with Crippen molar-refractivity contribution in [3.63, 3.8) is 0 Å². The second-order valence-corrected chi connectivity index (χ2v) is 7.19. The van der Waals surface area contributed by atoms with Crippen LogP contribution in [0.2, 0.25) is 0 Å². The maximum atomic E-state index is 10.5. The largest absolute Gasteiger partial charge is 0.390 e. The van der Waals surface area contributed by atoms with Gasteiger partial charge in [0, 0.05) is 12.5 Å². The third-order valence-electron chi connectivity index (χ3n) is 5.74. The predicted molar refractivity (Wildman–Crippen MR) is 63.2 cm³/mol. The van der Waals surface area contributed by atoms with Gasteiger partial charge >= 0.3 is 0 Å². The monoisotopic (exact) mass is 224 g/mol. The Balaban J connectivity index is 1.99. The Bertz CT molecular complexity index is 288. The van der Waals surface area contributed by atoms with Gasteiger partial charge in [0.1, 0.15) is 0 Å². The summed E-state index contributed by atoms with van der Waals surface area (Å²) in [6.45, 7) is 4.01. The summed E-state index contributed by atoms with van der Waals surface area (Å²) >= 11 is 0. The van der Waals surface area contributed by atoms with Crippen LogP contribution < -0.4 is 0 Å². The smallest absolute Gasteiger partial charge is 0.0690 e. The lowest BCUT2D eigenvalue weighted by Gasteiger charge is -2.64. The van der Waals surface area contributed by atoms with Gasteiger partial charge in [-0.1, -0.05) is 0 Å². The van der Waals surface area contributed by atoms with Crippen LogP contribution in [0.15, 0.2) is 0 Å². The Morgan fingerprint density at radius 2 is 1.69 bits per heavy atom. The van der Waals surface area contributed by atoms with Gasteiger partial charge in [-0.2, -0.15) is 0 Å². The van der Waals surface area contributed by atoms with Crippen LogP contribution in [-0.4, -0.2) is 23.4 Å². The van der Waals surface area contributed by atoms with E-state index < -0.39 is 5.60 Å². The molecule has 0 aromatic heterocycles. The Hall–Kier alpha value is -0.0800. The summed E-state index contributed by atoms with van der Waals surface area (Å²) < 4.78 is 5.86. The highest BCUT2D eigenvalue weighted by molar-refractivity contribution is 5.13. The molecule has 2 atom stereocenters. The lowest BCUT2D eigenvalue weighted by molar-refractivity contribution is -0.228. The minimum Gasteiger partial charge on any atom is -0.390 e. The molecule has 0 heterocycles. The second kappa shape index (κ2) is 3.02. The Kier molecular flexibility index (Phi) is 2.09. The van der Waals surface area contributed by atoms with Crippen molar-refractivity contribution in [2.45, 2.75) is 63.6 Å². The minimum atomic E-state index is -0.547. The molecule has 4 aliphatic carbocycles. The highest BCUT2D eigenvalue weighted by Gasteiger charge is 2.62. The number of aliphatic hydroxyl groups is 1. The summed E-state index contributed by atoms with van der Waals surface area (Å²) in [6.07, 6.45) is 7.36. The molecule has 2 nitrogen and oxygen atoms in total. The van der Waals surface area contributed by atoms with E-state index in [1.54, 1.807) is 0 Å². The van der Waals surface area contributed by atoms with Crippen molar-refractivity contribution in [2.24, 2.45) is 17.3 Å². The van der Waals surface area contributed by atoms with E-state index in [1.165, 1.54) is 32.1 Å². The van der Waals surface area contributed by atoms with E-state index >= 15 is 0 Å². The molecule has 4 saturated carbocycles. The molecule has 92 valence electrons. The van der Waals surface area contributed by atoms with Gasteiger partial charge in [0.05, 0.1) is 11.2 Å². The first-order chi connectivity index (χ1) is 7.38. The van der Waals surface area contributed by atoms with Gasteiger partial charge in [-0.15, -0.1) is 0 Å². The number of methoxy groups -OCH3 is 1. The number of hydrogen-bond donors (Lipinski definition) is 1. The molecule has 4 aliphatic rings. The first kappa shape index (κ1) is 11.0. The molecule has 4 bridgehead atoms. The van der Waals surface area contributed by atoms with E-state index in [0.29, 0.717) is 0 Å². The fraction of sp³-hybridized carbons (Fsp3) is 1.00. The Labute approximate surface area is 98.4 Å². The van der Waals surface area contributed by atoms with Crippen LogP contribution in [0.4, 0.5) is 0 Å². The molecule has 4 rings (SSSR count). The molecule has 0 radical (unpaired) electrons. The van der Waals surface area contributed by atoms with Crippen LogP contribution in [-0.2, 0) is 4.74 Å². The zero-order valence-electron chi connectivity index (χ0n) is 10.8. The van der Waals surface area contributed by atoms with Gasteiger partial charge in [-0.25, -0.2) is 0 Å². The van der Waals surface area contributed by atoms with E-state index in [-0.39, 0.29) is 11.0 Å². The van der Waals surface area contributed by atoms with E-state index in [1.807, 2.05) is 21.0 Å². The highest BCUT2D eigenvalue weighted by Crippen LogP contribution is 2.65. The average molecular weight is 224 g/mol. The quantitative estimate of drug-likeness (QED) is 0.781. The molecular weight excluding hydrogens is 200 g/mol. The summed E-state index contributed by atoms with van der Waals surface area (Å²) in [5.74, 6) is 1.60. The highest BCUT2D eigenvalue weighted by atomic mass is 16.5. The SMILES string of the molecule is COC12CC3CC(C1)CC(C(C)(C)O)(C3)C2. The number of rotatable bonds is 2. The van der Waals surface area contributed by atoms with E-state index in [4.69, 9.17) is 4.74 Å². The van der Waals surface area contributed by atoms with Gasteiger partial charge < -0.3 is 9.84 Å². The maximum Gasteiger partial charge on any atom is 0.0690 e. The van der Waals surface area contributed by atoms with Crippen molar-refractivity contribution in [1.29, 1.82) is 0 Å². The van der Waals surface area contributed by atoms with Gasteiger partial charge in [-0.3, -0.25) is 0 Å². The molecule has 1 N–H and O–H groups in total. The van der Waals surface area contributed by atoms with Crippen LogP contribution in [0.25, 0.3) is 0 Å². The lowest BCUT2D eigenvalue weighted by atomic mass is 9.44. The van der Waals surface area contributed by atoms with Crippen molar-refractivity contribution < 1.29 is 9.84 Å². The molecule has 0 spiro atoms. The van der Waals surface area contributed by atoms with Crippen molar-refractivity contribution in [1.82, 2.24) is 0 Å². The summed E-state index contributed by atoms with van der Waals surface area (Å²) in [5, 5.41) is 10.5. The molecule has 0 amide bonds. The van der Waals surface area contributed by atoms with Crippen molar-refractivity contribution in [3.05, 3.63) is 0 Å². The lowest BCUT2D eigenvalue weighted by Crippen LogP contribution is -2.62.